The average Bonchev–Trinajstić information content (AvgIpc) is 2.60. The average molecular weight is 301 g/mol. The second-order valence-electron chi connectivity index (χ2n) is 5.07. The van der Waals surface area contributed by atoms with Gasteiger partial charge in [0.15, 0.2) is 0 Å². The molecule has 0 aromatic carbocycles. The first-order valence-electron chi connectivity index (χ1n) is 6.97. The highest BCUT2D eigenvalue weighted by Crippen LogP contribution is 2.05. The SMILES string of the molecule is COCCCC(NC(=O)N1CCCN(C)C(=O)C1)C(=O)O. The second kappa shape index (κ2) is 8.46. The molecule has 0 spiro atoms. The molecule has 8 heteroatoms. The van der Waals surface area contributed by atoms with Gasteiger partial charge in [-0.2, -0.15) is 0 Å². The minimum Gasteiger partial charge on any atom is -0.480 e. The number of nitrogens with one attached hydrogen (secondary N) is 1. The topological polar surface area (TPSA) is 99.2 Å². The predicted octanol–water partition coefficient (Wildman–Crippen LogP) is -0.260. The molecule has 1 rings (SSSR count). The Bertz CT molecular complexity index is 388. The molecular formula is C13H23N3O5. The number of amides is 3. The molecule has 0 saturated carbocycles. The number of urea groups is 1. The molecule has 1 aliphatic heterocycles. The van der Waals surface area contributed by atoms with E-state index in [0.29, 0.717) is 32.5 Å². The van der Waals surface area contributed by atoms with Crippen molar-refractivity contribution in [2.75, 3.05) is 40.4 Å². The fourth-order valence-electron chi connectivity index (χ4n) is 2.09. The van der Waals surface area contributed by atoms with E-state index in [1.165, 1.54) is 12.0 Å². The molecule has 1 unspecified atom stereocenters. The van der Waals surface area contributed by atoms with Crippen LogP contribution in [0.1, 0.15) is 19.3 Å². The van der Waals surface area contributed by atoms with Crippen LogP contribution in [0.15, 0.2) is 0 Å². The van der Waals surface area contributed by atoms with Crippen molar-refractivity contribution < 1.29 is 24.2 Å². The third-order valence-electron chi connectivity index (χ3n) is 3.40. The van der Waals surface area contributed by atoms with Gasteiger partial charge in [0, 0.05) is 33.9 Å². The molecule has 120 valence electrons. The van der Waals surface area contributed by atoms with Gasteiger partial charge in [-0.1, -0.05) is 0 Å². The summed E-state index contributed by atoms with van der Waals surface area (Å²) < 4.78 is 4.87. The van der Waals surface area contributed by atoms with Gasteiger partial charge >= 0.3 is 12.0 Å². The van der Waals surface area contributed by atoms with Crippen LogP contribution in [0.4, 0.5) is 4.79 Å². The van der Waals surface area contributed by atoms with Crippen LogP contribution in [0.3, 0.4) is 0 Å². The molecule has 0 radical (unpaired) electrons. The molecule has 1 heterocycles. The summed E-state index contributed by atoms with van der Waals surface area (Å²) in [5.74, 6) is -1.23. The van der Waals surface area contributed by atoms with Crippen LogP contribution >= 0.6 is 0 Å². The van der Waals surface area contributed by atoms with Crippen molar-refractivity contribution in [3.05, 3.63) is 0 Å². The maximum absolute atomic E-state index is 12.1. The Morgan fingerprint density at radius 2 is 2.14 bits per heavy atom. The lowest BCUT2D eigenvalue weighted by molar-refractivity contribution is -0.139. The van der Waals surface area contributed by atoms with Crippen LogP contribution in [0.25, 0.3) is 0 Å². The number of carbonyl (C=O) groups excluding carboxylic acids is 2. The molecule has 2 N–H and O–H groups in total. The zero-order valence-electron chi connectivity index (χ0n) is 12.5. The summed E-state index contributed by atoms with van der Waals surface area (Å²) in [5, 5.41) is 11.6. The minimum atomic E-state index is -1.09. The van der Waals surface area contributed by atoms with E-state index < -0.39 is 18.0 Å². The maximum Gasteiger partial charge on any atom is 0.326 e. The Kier molecular flexibility index (Phi) is 6.93. The monoisotopic (exact) mass is 301 g/mol. The van der Waals surface area contributed by atoms with E-state index in [-0.39, 0.29) is 18.9 Å². The molecule has 3 amide bonds. The smallest absolute Gasteiger partial charge is 0.326 e. The van der Waals surface area contributed by atoms with Crippen LogP contribution in [0, 0.1) is 0 Å². The number of hydrogen-bond donors (Lipinski definition) is 2. The van der Waals surface area contributed by atoms with E-state index >= 15 is 0 Å². The number of carboxylic acids is 1. The summed E-state index contributed by atoms with van der Waals surface area (Å²) in [5.41, 5.74) is 0. The Labute approximate surface area is 124 Å². The molecule has 21 heavy (non-hydrogen) atoms. The van der Waals surface area contributed by atoms with Crippen LogP contribution in [0.5, 0.6) is 0 Å². The van der Waals surface area contributed by atoms with Crippen LogP contribution in [-0.4, -0.2) is 79.3 Å². The predicted molar refractivity (Wildman–Crippen MR) is 74.9 cm³/mol. The van der Waals surface area contributed by atoms with E-state index in [1.807, 2.05) is 0 Å². The van der Waals surface area contributed by atoms with Crippen LogP contribution < -0.4 is 5.32 Å². The highest BCUT2D eigenvalue weighted by molar-refractivity contribution is 5.86. The Morgan fingerprint density at radius 3 is 2.76 bits per heavy atom. The summed E-state index contributed by atoms with van der Waals surface area (Å²) in [7, 11) is 3.22. The molecule has 0 aromatic heterocycles. The largest absolute Gasteiger partial charge is 0.480 e. The zero-order chi connectivity index (χ0) is 15.8. The number of carboxylic acid groups (broad SMARTS) is 1. The number of aliphatic carboxylic acids is 1. The molecule has 8 nitrogen and oxygen atoms in total. The summed E-state index contributed by atoms with van der Waals surface area (Å²) in [6.07, 6.45) is 1.50. The molecular weight excluding hydrogens is 278 g/mol. The van der Waals surface area contributed by atoms with Gasteiger partial charge < -0.3 is 25.0 Å². The molecule has 0 aliphatic carbocycles. The van der Waals surface area contributed by atoms with Crippen molar-refractivity contribution in [2.24, 2.45) is 0 Å². The van der Waals surface area contributed by atoms with Gasteiger partial charge in [0.2, 0.25) is 5.91 Å². The summed E-state index contributed by atoms with van der Waals surface area (Å²) in [4.78, 5) is 37.9. The van der Waals surface area contributed by atoms with Gasteiger partial charge in [0.05, 0.1) is 0 Å². The molecule has 1 aliphatic rings. The van der Waals surface area contributed by atoms with Crippen molar-refractivity contribution in [3.63, 3.8) is 0 Å². The van der Waals surface area contributed by atoms with E-state index in [0.717, 1.165) is 0 Å². The lowest BCUT2D eigenvalue weighted by Gasteiger charge is -2.23. The Balaban J connectivity index is 2.55. The first kappa shape index (κ1) is 17.2. The first-order valence-corrected chi connectivity index (χ1v) is 6.97. The van der Waals surface area contributed by atoms with Crippen molar-refractivity contribution in [1.82, 2.24) is 15.1 Å². The number of hydrogen-bond acceptors (Lipinski definition) is 4. The van der Waals surface area contributed by atoms with Crippen LogP contribution in [0.2, 0.25) is 0 Å². The van der Waals surface area contributed by atoms with Gasteiger partial charge in [0.25, 0.3) is 0 Å². The first-order chi connectivity index (χ1) is 9.95. The number of methoxy groups -OCH3 is 1. The quantitative estimate of drug-likeness (QED) is 0.659. The van der Waals surface area contributed by atoms with Crippen molar-refractivity contribution in [3.8, 4) is 0 Å². The standard InChI is InChI=1S/C13H23N3O5/c1-15-6-4-7-16(9-11(15)17)13(20)14-10(12(18)19)5-3-8-21-2/h10H,3-9H2,1-2H3,(H,14,20)(H,18,19). The highest BCUT2D eigenvalue weighted by atomic mass is 16.5. The number of ether oxygens (including phenoxy) is 1. The van der Waals surface area contributed by atoms with Gasteiger partial charge in [-0.3, -0.25) is 4.79 Å². The van der Waals surface area contributed by atoms with Crippen molar-refractivity contribution in [2.45, 2.75) is 25.3 Å². The number of likely N-dealkylation sites (N-methyl/N-ethyl adjacent to an activating group) is 1. The summed E-state index contributed by atoms with van der Waals surface area (Å²) >= 11 is 0. The maximum atomic E-state index is 12.1. The van der Waals surface area contributed by atoms with Crippen LogP contribution in [-0.2, 0) is 14.3 Å². The lowest BCUT2D eigenvalue weighted by Crippen LogP contribution is -2.49. The zero-order valence-corrected chi connectivity index (χ0v) is 12.5. The van der Waals surface area contributed by atoms with E-state index in [2.05, 4.69) is 5.32 Å². The molecule has 0 aromatic rings. The highest BCUT2D eigenvalue weighted by Gasteiger charge is 2.26. The molecule has 1 atom stereocenters. The normalized spacial score (nSPS) is 17.3. The molecule has 0 bridgehead atoms. The Hall–Kier alpha value is -1.83. The number of nitrogens with zero attached hydrogens (tertiary/aromatic N) is 2. The van der Waals surface area contributed by atoms with E-state index in [1.54, 1.807) is 11.9 Å². The fraction of sp³-hybridized carbons (Fsp3) is 0.769. The van der Waals surface area contributed by atoms with Gasteiger partial charge in [-0.05, 0) is 19.3 Å². The summed E-state index contributed by atoms with van der Waals surface area (Å²) in [6, 6.07) is -1.48. The van der Waals surface area contributed by atoms with Gasteiger partial charge in [-0.15, -0.1) is 0 Å². The van der Waals surface area contributed by atoms with E-state index in [4.69, 9.17) is 9.84 Å². The van der Waals surface area contributed by atoms with E-state index in [9.17, 15) is 14.4 Å². The molecule has 1 saturated heterocycles. The minimum absolute atomic E-state index is 0.0211. The second-order valence-corrected chi connectivity index (χ2v) is 5.07. The third kappa shape index (κ3) is 5.58. The molecule has 1 fully saturated rings. The van der Waals surface area contributed by atoms with Gasteiger partial charge in [-0.25, -0.2) is 9.59 Å². The number of carbonyl (C=O) groups is 3. The Morgan fingerprint density at radius 1 is 1.43 bits per heavy atom. The number of rotatable bonds is 6. The fourth-order valence-corrected chi connectivity index (χ4v) is 2.09. The summed E-state index contributed by atoms with van der Waals surface area (Å²) in [6.45, 7) is 1.45. The lowest BCUT2D eigenvalue weighted by atomic mass is 10.1. The van der Waals surface area contributed by atoms with Crippen molar-refractivity contribution in [1.29, 1.82) is 0 Å². The van der Waals surface area contributed by atoms with Gasteiger partial charge in [0.1, 0.15) is 12.6 Å². The van der Waals surface area contributed by atoms with Crippen molar-refractivity contribution >= 4 is 17.9 Å². The third-order valence-corrected chi connectivity index (χ3v) is 3.40.